The molecule has 0 fully saturated rings. The number of nitrogens with one attached hydrogen (secondary N) is 1. The van der Waals surface area contributed by atoms with E-state index in [0.29, 0.717) is 13.0 Å². The summed E-state index contributed by atoms with van der Waals surface area (Å²) >= 11 is 0. The lowest BCUT2D eigenvalue weighted by Gasteiger charge is -2.06. The van der Waals surface area contributed by atoms with Crippen LogP contribution < -0.4 is 11.1 Å². The van der Waals surface area contributed by atoms with Crippen molar-refractivity contribution in [1.29, 1.82) is 0 Å². The molecule has 0 saturated carbocycles. The molecule has 0 aliphatic carbocycles. The molecule has 4 nitrogen and oxygen atoms in total. The predicted molar refractivity (Wildman–Crippen MR) is 38.4 cm³/mol. The first kappa shape index (κ1) is 9.39. The van der Waals surface area contributed by atoms with Gasteiger partial charge in [-0.2, -0.15) is 0 Å². The van der Waals surface area contributed by atoms with E-state index in [2.05, 4.69) is 5.32 Å². The summed E-state index contributed by atoms with van der Waals surface area (Å²) < 4.78 is 0. The zero-order chi connectivity index (χ0) is 7.98. The van der Waals surface area contributed by atoms with Gasteiger partial charge in [0.1, 0.15) is 0 Å². The van der Waals surface area contributed by atoms with E-state index < -0.39 is 5.91 Å². The Kier molecular flexibility index (Phi) is 4.88. The molecular formula is C6H14N2O2. The Labute approximate surface area is 60.4 Å². The van der Waals surface area contributed by atoms with E-state index in [9.17, 15) is 4.79 Å². The van der Waals surface area contributed by atoms with Crippen LogP contribution in [0, 0.1) is 0 Å². The molecule has 0 aromatic carbocycles. The van der Waals surface area contributed by atoms with Gasteiger partial charge < -0.3 is 16.2 Å². The summed E-state index contributed by atoms with van der Waals surface area (Å²) in [7, 11) is 0. The number of primary amides is 1. The zero-order valence-corrected chi connectivity index (χ0v) is 6.13. The molecule has 4 heteroatoms. The lowest BCUT2D eigenvalue weighted by molar-refractivity contribution is -0.117. The maximum atomic E-state index is 10.1. The van der Waals surface area contributed by atoms with Gasteiger partial charge in [-0.1, -0.05) is 6.92 Å². The van der Waals surface area contributed by atoms with E-state index in [1.54, 1.807) is 0 Å². The Morgan fingerprint density at radius 1 is 1.80 bits per heavy atom. The van der Waals surface area contributed by atoms with Crippen LogP contribution >= 0.6 is 0 Å². The van der Waals surface area contributed by atoms with Crippen molar-refractivity contribution in [2.24, 2.45) is 5.73 Å². The number of hydrogen-bond acceptors (Lipinski definition) is 3. The molecule has 0 aromatic heterocycles. The summed E-state index contributed by atoms with van der Waals surface area (Å²) in [6.07, 6.45) is 0.311. The van der Waals surface area contributed by atoms with Crippen molar-refractivity contribution in [1.82, 2.24) is 5.32 Å². The molecule has 60 valence electrons. The Morgan fingerprint density at radius 2 is 2.40 bits per heavy atom. The fraction of sp³-hybridized carbons (Fsp3) is 0.833. The van der Waals surface area contributed by atoms with Crippen LogP contribution in [0.5, 0.6) is 0 Å². The SMILES string of the molecule is CCC(O)CNCC(N)=O. The van der Waals surface area contributed by atoms with Crippen LogP contribution in [0.25, 0.3) is 0 Å². The van der Waals surface area contributed by atoms with Crippen molar-refractivity contribution in [3.63, 3.8) is 0 Å². The quantitative estimate of drug-likeness (QED) is 0.457. The lowest BCUT2D eigenvalue weighted by Crippen LogP contribution is -2.33. The number of hydrogen-bond donors (Lipinski definition) is 3. The minimum absolute atomic E-state index is 0.136. The molecule has 10 heavy (non-hydrogen) atoms. The summed E-state index contributed by atoms with van der Waals surface area (Å²) in [5.74, 6) is -0.400. The predicted octanol–water partition coefficient (Wildman–Crippen LogP) is -1.17. The van der Waals surface area contributed by atoms with E-state index in [1.807, 2.05) is 6.92 Å². The molecular weight excluding hydrogens is 132 g/mol. The van der Waals surface area contributed by atoms with Crippen molar-refractivity contribution in [3.8, 4) is 0 Å². The van der Waals surface area contributed by atoms with E-state index in [4.69, 9.17) is 10.8 Å². The van der Waals surface area contributed by atoms with E-state index in [0.717, 1.165) is 0 Å². The zero-order valence-electron chi connectivity index (χ0n) is 6.13. The Hall–Kier alpha value is -0.610. The number of aliphatic hydroxyl groups excluding tert-OH is 1. The highest BCUT2D eigenvalue weighted by atomic mass is 16.3. The number of rotatable bonds is 5. The third-order valence-electron chi connectivity index (χ3n) is 1.15. The first-order valence-electron chi connectivity index (χ1n) is 3.34. The molecule has 1 atom stereocenters. The molecule has 0 aliphatic rings. The molecule has 0 radical (unpaired) electrons. The number of aliphatic hydroxyl groups is 1. The maximum Gasteiger partial charge on any atom is 0.231 e. The van der Waals surface area contributed by atoms with Crippen LogP contribution in [0.15, 0.2) is 0 Å². The second kappa shape index (κ2) is 5.20. The third kappa shape index (κ3) is 5.53. The molecule has 0 saturated heterocycles. The number of carbonyl (C=O) groups is 1. The standard InChI is InChI=1S/C6H14N2O2/c1-2-5(9)3-8-4-6(7)10/h5,8-9H,2-4H2,1H3,(H2,7,10). The number of carbonyl (C=O) groups excluding carboxylic acids is 1. The fourth-order valence-corrected chi connectivity index (χ4v) is 0.506. The van der Waals surface area contributed by atoms with E-state index in [1.165, 1.54) is 0 Å². The Bertz CT molecular complexity index is 106. The summed E-state index contributed by atoms with van der Waals surface area (Å²) in [4.78, 5) is 10.1. The monoisotopic (exact) mass is 146 g/mol. The van der Waals surface area contributed by atoms with Crippen LogP contribution in [0.4, 0.5) is 0 Å². The van der Waals surface area contributed by atoms with Crippen molar-refractivity contribution in [2.75, 3.05) is 13.1 Å². The van der Waals surface area contributed by atoms with Gasteiger partial charge in [0.15, 0.2) is 0 Å². The average molecular weight is 146 g/mol. The van der Waals surface area contributed by atoms with E-state index in [-0.39, 0.29) is 12.6 Å². The Balaban J connectivity index is 3.11. The van der Waals surface area contributed by atoms with E-state index >= 15 is 0 Å². The number of nitrogens with two attached hydrogens (primary N) is 1. The highest BCUT2D eigenvalue weighted by molar-refractivity contribution is 5.75. The summed E-state index contributed by atoms with van der Waals surface area (Å²) in [5.41, 5.74) is 4.84. The summed E-state index contributed by atoms with van der Waals surface area (Å²) in [6.45, 7) is 2.44. The highest BCUT2D eigenvalue weighted by Gasteiger charge is 1.99. The molecule has 0 spiro atoms. The first-order valence-corrected chi connectivity index (χ1v) is 3.34. The van der Waals surface area contributed by atoms with Crippen LogP contribution in [-0.2, 0) is 4.79 Å². The molecule has 1 unspecified atom stereocenters. The second-order valence-electron chi connectivity index (χ2n) is 2.16. The second-order valence-corrected chi connectivity index (χ2v) is 2.16. The molecule has 0 rings (SSSR count). The van der Waals surface area contributed by atoms with Crippen LogP contribution in [0.2, 0.25) is 0 Å². The van der Waals surface area contributed by atoms with Gasteiger partial charge in [-0.3, -0.25) is 4.79 Å². The summed E-state index contributed by atoms with van der Waals surface area (Å²) in [5, 5.41) is 11.7. The average Bonchev–Trinajstić information content (AvgIpc) is 1.87. The molecule has 1 amide bonds. The van der Waals surface area contributed by atoms with Gasteiger partial charge in [0.05, 0.1) is 12.6 Å². The third-order valence-corrected chi connectivity index (χ3v) is 1.15. The van der Waals surface area contributed by atoms with Crippen LogP contribution in [0.3, 0.4) is 0 Å². The van der Waals surface area contributed by atoms with Crippen LogP contribution in [0.1, 0.15) is 13.3 Å². The molecule has 0 aromatic rings. The molecule has 4 N–H and O–H groups in total. The fourth-order valence-electron chi connectivity index (χ4n) is 0.506. The van der Waals surface area contributed by atoms with Gasteiger partial charge in [-0.05, 0) is 6.42 Å². The van der Waals surface area contributed by atoms with Gasteiger partial charge in [-0.15, -0.1) is 0 Å². The van der Waals surface area contributed by atoms with Gasteiger partial charge in [0.2, 0.25) is 5.91 Å². The van der Waals surface area contributed by atoms with Crippen molar-refractivity contribution in [2.45, 2.75) is 19.4 Å². The maximum absolute atomic E-state index is 10.1. The first-order chi connectivity index (χ1) is 4.66. The van der Waals surface area contributed by atoms with Crippen LogP contribution in [-0.4, -0.2) is 30.2 Å². The van der Waals surface area contributed by atoms with Crippen molar-refractivity contribution >= 4 is 5.91 Å². The number of amides is 1. The molecule has 0 aliphatic heterocycles. The van der Waals surface area contributed by atoms with Crippen molar-refractivity contribution < 1.29 is 9.90 Å². The Morgan fingerprint density at radius 3 is 2.80 bits per heavy atom. The minimum atomic E-state index is -0.400. The van der Waals surface area contributed by atoms with Gasteiger partial charge >= 0.3 is 0 Å². The lowest BCUT2D eigenvalue weighted by atomic mass is 10.3. The normalized spacial score (nSPS) is 13.0. The van der Waals surface area contributed by atoms with Crippen molar-refractivity contribution in [3.05, 3.63) is 0 Å². The van der Waals surface area contributed by atoms with Gasteiger partial charge in [0, 0.05) is 6.54 Å². The van der Waals surface area contributed by atoms with Gasteiger partial charge in [0.25, 0.3) is 0 Å². The summed E-state index contributed by atoms with van der Waals surface area (Å²) in [6, 6.07) is 0. The van der Waals surface area contributed by atoms with Gasteiger partial charge in [-0.25, -0.2) is 0 Å². The smallest absolute Gasteiger partial charge is 0.231 e. The molecule has 0 bridgehead atoms. The molecule has 0 heterocycles. The highest BCUT2D eigenvalue weighted by Crippen LogP contribution is 1.84. The topological polar surface area (TPSA) is 75.3 Å². The minimum Gasteiger partial charge on any atom is -0.392 e. The largest absolute Gasteiger partial charge is 0.392 e.